The second kappa shape index (κ2) is 5.32. The van der Waals surface area contributed by atoms with Gasteiger partial charge in [0.1, 0.15) is 5.70 Å². The van der Waals surface area contributed by atoms with Gasteiger partial charge in [0.2, 0.25) is 5.91 Å². The molecule has 84 valence electrons. The molecule has 0 aliphatic heterocycles. The van der Waals surface area contributed by atoms with Crippen LogP contribution in [-0.4, -0.2) is 17.0 Å². The average Bonchev–Trinajstić information content (AvgIpc) is 2.19. The van der Waals surface area contributed by atoms with Gasteiger partial charge in [0.15, 0.2) is 0 Å². The van der Waals surface area contributed by atoms with E-state index in [1.165, 1.54) is 13.0 Å². The van der Waals surface area contributed by atoms with E-state index in [0.717, 1.165) is 0 Å². The zero-order valence-corrected chi connectivity index (χ0v) is 9.28. The van der Waals surface area contributed by atoms with Gasteiger partial charge in [-0.25, -0.2) is 4.79 Å². The molecule has 1 aromatic rings. The number of amides is 1. The summed E-state index contributed by atoms with van der Waals surface area (Å²) in [6.45, 7) is 1.25. The minimum Gasteiger partial charge on any atom is -0.477 e. The number of carboxylic acid groups (broad SMARTS) is 1. The molecule has 0 aliphatic rings. The van der Waals surface area contributed by atoms with Crippen LogP contribution in [0.2, 0.25) is 5.02 Å². The van der Waals surface area contributed by atoms with Crippen molar-refractivity contribution in [2.24, 2.45) is 0 Å². The van der Waals surface area contributed by atoms with E-state index in [9.17, 15) is 9.59 Å². The quantitative estimate of drug-likeness (QED) is 0.792. The normalized spacial score (nSPS) is 11.0. The molecule has 1 rings (SSSR count). The fourth-order valence-electron chi connectivity index (χ4n) is 1.07. The lowest BCUT2D eigenvalue weighted by Crippen LogP contribution is -2.24. The molecule has 0 aliphatic carbocycles. The van der Waals surface area contributed by atoms with Crippen LogP contribution in [0.3, 0.4) is 0 Å². The Hall–Kier alpha value is -1.81. The van der Waals surface area contributed by atoms with Gasteiger partial charge < -0.3 is 10.4 Å². The van der Waals surface area contributed by atoms with Crippen LogP contribution in [-0.2, 0) is 9.59 Å². The number of carboxylic acids is 1. The smallest absolute Gasteiger partial charge is 0.352 e. The summed E-state index contributed by atoms with van der Waals surface area (Å²) >= 11 is 5.69. The Morgan fingerprint density at radius 2 is 1.88 bits per heavy atom. The van der Waals surface area contributed by atoms with Crippen molar-refractivity contribution in [3.05, 3.63) is 40.5 Å². The van der Waals surface area contributed by atoms with Crippen LogP contribution >= 0.6 is 11.6 Å². The van der Waals surface area contributed by atoms with Crippen molar-refractivity contribution in [3.63, 3.8) is 0 Å². The molecule has 4 nitrogen and oxygen atoms in total. The Labute approximate surface area is 97.5 Å². The molecule has 0 radical (unpaired) electrons. The Morgan fingerprint density at radius 3 is 2.31 bits per heavy atom. The first kappa shape index (κ1) is 12.3. The van der Waals surface area contributed by atoms with Crippen LogP contribution in [0.1, 0.15) is 12.5 Å². The molecule has 0 atom stereocenters. The van der Waals surface area contributed by atoms with Gasteiger partial charge in [0.25, 0.3) is 0 Å². The molecule has 1 aromatic carbocycles. The highest BCUT2D eigenvalue weighted by Gasteiger charge is 2.08. The molecule has 5 heteroatoms. The molecule has 0 saturated carbocycles. The molecular formula is C11H10ClNO3. The number of benzene rings is 1. The van der Waals surface area contributed by atoms with Crippen LogP contribution < -0.4 is 5.32 Å². The highest BCUT2D eigenvalue weighted by Crippen LogP contribution is 2.11. The lowest BCUT2D eigenvalue weighted by molar-refractivity contribution is -0.134. The third-order valence-corrected chi connectivity index (χ3v) is 1.97. The molecule has 0 fully saturated rings. The Morgan fingerprint density at radius 1 is 1.31 bits per heavy atom. The van der Waals surface area contributed by atoms with E-state index in [1.54, 1.807) is 24.3 Å². The van der Waals surface area contributed by atoms with Gasteiger partial charge in [-0.2, -0.15) is 0 Å². The maximum Gasteiger partial charge on any atom is 0.352 e. The van der Waals surface area contributed by atoms with Gasteiger partial charge in [-0.3, -0.25) is 4.79 Å². The van der Waals surface area contributed by atoms with E-state index in [1.807, 2.05) is 0 Å². The van der Waals surface area contributed by atoms with E-state index in [0.29, 0.717) is 10.6 Å². The van der Waals surface area contributed by atoms with Gasteiger partial charge in [-0.05, 0) is 23.8 Å². The lowest BCUT2D eigenvalue weighted by Gasteiger charge is -2.02. The van der Waals surface area contributed by atoms with Crippen molar-refractivity contribution in [1.82, 2.24) is 5.32 Å². The first-order valence-electron chi connectivity index (χ1n) is 4.47. The number of carbonyl (C=O) groups excluding carboxylic acids is 1. The van der Waals surface area contributed by atoms with Gasteiger partial charge >= 0.3 is 5.97 Å². The zero-order valence-electron chi connectivity index (χ0n) is 8.53. The number of halogens is 1. The second-order valence-corrected chi connectivity index (χ2v) is 3.53. The van der Waals surface area contributed by atoms with Crippen LogP contribution in [0.4, 0.5) is 0 Å². The number of carbonyl (C=O) groups is 2. The summed E-state index contributed by atoms with van der Waals surface area (Å²) in [5, 5.41) is 11.6. The summed E-state index contributed by atoms with van der Waals surface area (Å²) in [5.74, 6) is -1.62. The highest BCUT2D eigenvalue weighted by atomic mass is 35.5. The average molecular weight is 240 g/mol. The summed E-state index contributed by atoms with van der Waals surface area (Å²) < 4.78 is 0. The zero-order chi connectivity index (χ0) is 12.1. The molecule has 0 aromatic heterocycles. The molecule has 1 amide bonds. The van der Waals surface area contributed by atoms with Crippen molar-refractivity contribution in [2.45, 2.75) is 6.92 Å². The Kier molecular flexibility index (Phi) is 4.08. The van der Waals surface area contributed by atoms with Gasteiger partial charge in [-0.15, -0.1) is 0 Å². The minimum atomic E-state index is -1.19. The monoisotopic (exact) mass is 239 g/mol. The van der Waals surface area contributed by atoms with Crippen molar-refractivity contribution in [1.29, 1.82) is 0 Å². The largest absolute Gasteiger partial charge is 0.477 e. The van der Waals surface area contributed by atoms with Crippen molar-refractivity contribution in [3.8, 4) is 0 Å². The predicted octanol–water partition coefficient (Wildman–Crippen LogP) is 1.90. The molecule has 0 spiro atoms. The molecule has 0 unspecified atom stereocenters. The number of nitrogens with one attached hydrogen (secondary N) is 1. The first-order valence-corrected chi connectivity index (χ1v) is 4.85. The number of rotatable bonds is 3. The SMILES string of the molecule is CC(=O)NC(=Cc1ccc(Cl)cc1)C(=O)O. The van der Waals surface area contributed by atoms with Crippen LogP contribution in [0, 0.1) is 0 Å². The van der Waals surface area contributed by atoms with Crippen LogP contribution in [0.25, 0.3) is 6.08 Å². The van der Waals surface area contributed by atoms with Gasteiger partial charge in [0, 0.05) is 11.9 Å². The molecule has 16 heavy (non-hydrogen) atoms. The topological polar surface area (TPSA) is 66.4 Å². The second-order valence-electron chi connectivity index (χ2n) is 3.10. The maximum atomic E-state index is 10.8. The van der Waals surface area contributed by atoms with Crippen LogP contribution in [0.5, 0.6) is 0 Å². The van der Waals surface area contributed by atoms with E-state index in [2.05, 4.69) is 5.32 Å². The van der Waals surface area contributed by atoms with E-state index in [4.69, 9.17) is 16.7 Å². The summed E-state index contributed by atoms with van der Waals surface area (Å²) in [7, 11) is 0. The molecular weight excluding hydrogens is 230 g/mol. The van der Waals surface area contributed by atoms with Gasteiger partial charge in [0.05, 0.1) is 0 Å². The summed E-state index contributed by atoms with van der Waals surface area (Å²) in [6, 6.07) is 6.60. The predicted molar refractivity (Wildman–Crippen MR) is 60.9 cm³/mol. The third-order valence-electron chi connectivity index (χ3n) is 1.72. The van der Waals surface area contributed by atoms with E-state index >= 15 is 0 Å². The first-order chi connectivity index (χ1) is 7.49. The molecule has 0 bridgehead atoms. The standard InChI is InChI=1S/C11H10ClNO3/c1-7(14)13-10(11(15)16)6-8-2-4-9(12)5-3-8/h2-6H,1H3,(H,13,14)(H,15,16). The summed E-state index contributed by atoms with van der Waals surface area (Å²) in [5.41, 5.74) is 0.477. The van der Waals surface area contributed by atoms with E-state index in [-0.39, 0.29) is 5.70 Å². The van der Waals surface area contributed by atoms with E-state index < -0.39 is 11.9 Å². The fraction of sp³-hybridized carbons (Fsp3) is 0.0909. The number of hydrogen-bond donors (Lipinski definition) is 2. The van der Waals surface area contributed by atoms with Gasteiger partial charge in [-0.1, -0.05) is 23.7 Å². The van der Waals surface area contributed by atoms with Crippen LogP contribution in [0.15, 0.2) is 30.0 Å². The summed E-state index contributed by atoms with van der Waals surface area (Å²) in [6.07, 6.45) is 1.36. The third kappa shape index (κ3) is 3.74. The Balaban J connectivity index is 2.97. The van der Waals surface area contributed by atoms with Crippen molar-refractivity contribution in [2.75, 3.05) is 0 Å². The number of hydrogen-bond acceptors (Lipinski definition) is 2. The summed E-state index contributed by atoms with van der Waals surface area (Å²) in [4.78, 5) is 21.6. The fourth-order valence-corrected chi connectivity index (χ4v) is 1.19. The molecule has 0 heterocycles. The van der Waals surface area contributed by atoms with Crippen molar-refractivity contribution >= 4 is 29.6 Å². The minimum absolute atomic E-state index is 0.171. The number of aliphatic carboxylic acids is 1. The maximum absolute atomic E-state index is 10.8. The lowest BCUT2D eigenvalue weighted by atomic mass is 10.2. The van der Waals surface area contributed by atoms with Crippen molar-refractivity contribution < 1.29 is 14.7 Å². The highest BCUT2D eigenvalue weighted by molar-refractivity contribution is 6.30. The molecule has 2 N–H and O–H groups in total. The molecule has 0 saturated heterocycles. The Bertz CT molecular complexity index is 437.